The highest BCUT2D eigenvalue weighted by Crippen LogP contribution is 2.32. The van der Waals surface area contributed by atoms with Crippen molar-refractivity contribution >= 4 is 38.2 Å². The van der Waals surface area contributed by atoms with E-state index < -0.39 is 6.10 Å². The van der Waals surface area contributed by atoms with Gasteiger partial charge in [-0.25, -0.2) is 0 Å². The lowest BCUT2D eigenvalue weighted by molar-refractivity contribution is 0.224. The maximum absolute atomic E-state index is 10.3. The van der Waals surface area contributed by atoms with Crippen molar-refractivity contribution in [2.45, 2.75) is 6.10 Å². The average molecular weight is 308 g/mol. The molecule has 86 valence electrons. The first kappa shape index (κ1) is 11.0. The molecule has 1 aromatic carbocycles. The summed E-state index contributed by atoms with van der Waals surface area (Å²) in [5.74, 6) is 0. The van der Waals surface area contributed by atoms with Crippen molar-refractivity contribution in [1.29, 1.82) is 0 Å². The smallest absolute Gasteiger partial charge is 0.113 e. The number of halogens is 1. The maximum atomic E-state index is 10.3. The molecule has 0 saturated heterocycles. The van der Waals surface area contributed by atoms with Gasteiger partial charge in [-0.1, -0.05) is 6.07 Å². The first-order valence-corrected chi connectivity index (χ1v) is 6.85. The van der Waals surface area contributed by atoms with Crippen LogP contribution in [0.1, 0.15) is 16.5 Å². The zero-order valence-electron chi connectivity index (χ0n) is 8.85. The summed E-state index contributed by atoms with van der Waals surface area (Å²) in [7, 11) is 0. The summed E-state index contributed by atoms with van der Waals surface area (Å²) in [6.07, 6.45) is 1.35. The molecule has 0 saturated carbocycles. The molecule has 2 aromatic heterocycles. The lowest BCUT2D eigenvalue weighted by atomic mass is 10.1. The number of nitrogens with one attached hydrogen (secondary N) is 1. The van der Waals surface area contributed by atoms with Crippen LogP contribution in [0.25, 0.3) is 10.9 Å². The number of H-pyrrole nitrogens is 1. The fourth-order valence-electron chi connectivity index (χ4n) is 1.88. The van der Waals surface area contributed by atoms with Gasteiger partial charge < -0.3 is 10.1 Å². The number of aliphatic hydroxyl groups excluding tert-OH is 1. The Balaban J connectivity index is 2.02. The Hall–Kier alpha value is -1.10. The van der Waals surface area contributed by atoms with Gasteiger partial charge in [0.25, 0.3) is 0 Å². The van der Waals surface area contributed by atoms with Crippen LogP contribution < -0.4 is 0 Å². The van der Waals surface area contributed by atoms with Gasteiger partial charge >= 0.3 is 0 Å². The Morgan fingerprint density at radius 3 is 2.82 bits per heavy atom. The average Bonchev–Trinajstić information content (AvgIpc) is 2.95. The van der Waals surface area contributed by atoms with E-state index in [4.69, 9.17) is 0 Å². The lowest BCUT2D eigenvalue weighted by Gasteiger charge is -2.08. The number of aromatic amines is 1. The topological polar surface area (TPSA) is 36.0 Å². The van der Waals surface area contributed by atoms with Gasteiger partial charge in [-0.15, -0.1) is 11.3 Å². The minimum absolute atomic E-state index is 0.550. The van der Waals surface area contributed by atoms with Gasteiger partial charge in [-0.05, 0) is 57.2 Å². The van der Waals surface area contributed by atoms with E-state index in [1.54, 1.807) is 11.3 Å². The molecule has 3 rings (SSSR count). The normalized spacial score (nSPS) is 13.1. The van der Waals surface area contributed by atoms with E-state index in [0.717, 1.165) is 25.1 Å². The molecule has 0 amide bonds. The Bertz CT molecular complexity index is 658. The summed E-state index contributed by atoms with van der Waals surface area (Å²) in [5.41, 5.74) is 2.01. The molecular weight excluding hydrogens is 298 g/mol. The van der Waals surface area contributed by atoms with Crippen LogP contribution in [0.4, 0.5) is 0 Å². The van der Waals surface area contributed by atoms with Crippen molar-refractivity contribution in [2.24, 2.45) is 0 Å². The highest BCUT2D eigenvalue weighted by atomic mass is 79.9. The predicted octanol–water partition coefficient (Wildman–Crippen LogP) is 4.07. The summed E-state index contributed by atoms with van der Waals surface area (Å²) >= 11 is 4.97. The summed E-state index contributed by atoms with van der Waals surface area (Å²) in [4.78, 5) is 4.09. The first-order chi connectivity index (χ1) is 8.24. The molecule has 2 heterocycles. The molecule has 0 aliphatic rings. The van der Waals surface area contributed by atoms with E-state index in [0.29, 0.717) is 0 Å². The SMILES string of the molecule is OC(c1ccc2[nH]ccc2c1)c1ccc(Br)s1. The predicted molar refractivity (Wildman–Crippen MR) is 74.4 cm³/mol. The number of benzene rings is 1. The molecule has 17 heavy (non-hydrogen) atoms. The molecule has 2 N–H and O–H groups in total. The van der Waals surface area contributed by atoms with Crippen molar-refractivity contribution in [1.82, 2.24) is 4.98 Å². The number of hydrogen-bond acceptors (Lipinski definition) is 2. The Morgan fingerprint density at radius 1 is 1.18 bits per heavy atom. The Morgan fingerprint density at radius 2 is 2.06 bits per heavy atom. The van der Waals surface area contributed by atoms with Crippen molar-refractivity contribution in [3.8, 4) is 0 Å². The van der Waals surface area contributed by atoms with Gasteiger partial charge in [-0.3, -0.25) is 0 Å². The third kappa shape index (κ3) is 2.04. The van der Waals surface area contributed by atoms with Gasteiger partial charge in [-0.2, -0.15) is 0 Å². The van der Waals surface area contributed by atoms with Crippen molar-refractivity contribution in [3.63, 3.8) is 0 Å². The number of thiophene rings is 1. The second-order valence-electron chi connectivity index (χ2n) is 3.87. The zero-order valence-corrected chi connectivity index (χ0v) is 11.3. The lowest BCUT2D eigenvalue weighted by Crippen LogP contribution is -1.96. The Kier molecular flexibility index (Phi) is 2.78. The van der Waals surface area contributed by atoms with Crippen LogP contribution in [0.15, 0.2) is 46.4 Å². The summed E-state index contributed by atoms with van der Waals surface area (Å²) in [6.45, 7) is 0. The van der Waals surface area contributed by atoms with Crippen LogP contribution in [-0.4, -0.2) is 10.1 Å². The molecule has 1 unspecified atom stereocenters. The number of fused-ring (bicyclic) bond motifs is 1. The monoisotopic (exact) mass is 307 g/mol. The molecule has 1 atom stereocenters. The third-order valence-electron chi connectivity index (χ3n) is 2.76. The van der Waals surface area contributed by atoms with Crippen LogP contribution >= 0.6 is 27.3 Å². The highest BCUT2D eigenvalue weighted by Gasteiger charge is 2.13. The number of rotatable bonds is 2. The molecule has 0 bridgehead atoms. The van der Waals surface area contributed by atoms with Crippen molar-refractivity contribution in [3.05, 3.63) is 56.8 Å². The van der Waals surface area contributed by atoms with Gasteiger partial charge in [0.2, 0.25) is 0 Å². The summed E-state index contributed by atoms with van der Waals surface area (Å²) in [5, 5.41) is 11.4. The van der Waals surface area contributed by atoms with Crippen LogP contribution in [0.3, 0.4) is 0 Å². The summed E-state index contributed by atoms with van der Waals surface area (Å²) in [6, 6.07) is 11.9. The van der Waals surface area contributed by atoms with E-state index in [2.05, 4.69) is 20.9 Å². The van der Waals surface area contributed by atoms with E-state index in [1.807, 2.05) is 42.6 Å². The third-order valence-corrected chi connectivity index (χ3v) is 4.43. The van der Waals surface area contributed by atoms with Crippen molar-refractivity contribution in [2.75, 3.05) is 0 Å². The second-order valence-corrected chi connectivity index (χ2v) is 6.36. The van der Waals surface area contributed by atoms with Crippen LogP contribution in [-0.2, 0) is 0 Å². The fourth-order valence-corrected chi connectivity index (χ4v) is 3.32. The molecule has 0 aliphatic carbocycles. The molecule has 0 fully saturated rings. The van der Waals surface area contributed by atoms with Crippen LogP contribution in [0.2, 0.25) is 0 Å². The number of aliphatic hydroxyl groups is 1. The number of aromatic nitrogens is 1. The molecule has 3 aromatic rings. The molecule has 0 radical (unpaired) electrons. The van der Waals surface area contributed by atoms with Gasteiger partial charge in [0, 0.05) is 16.6 Å². The molecular formula is C13H10BrNOS. The second kappa shape index (κ2) is 4.29. The maximum Gasteiger partial charge on any atom is 0.113 e. The fraction of sp³-hybridized carbons (Fsp3) is 0.0769. The van der Waals surface area contributed by atoms with Crippen molar-refractivity contribution < 1.29 is 5.11 Å². The van der Waals surface area contributed by atoms with Crippen LogP contribution in [0.5, 0.6) is 0 Å². The quantitative estimate of drug-likeness (QED) is 0.735. The standard InChI is InChI=1S/C13H10BrNOS/c14-12-4-3-11(17-12)13(16)9-1-2-10-8(7-9)5-6-15-10/h1-7,13,15-16H. The van der Waals surface area contributed by atoms with E-state index in [1.165, 1.54) is 0 Å². The number of hydrogen-bond donors (Lipinski definition) is 2. The van der Waals surface area contributed by atoms with E-state index >= 15 is 0 Å². The summed E-state index contributed by atoms with van der Waals surface area (Å²) < 4.78 is 1.04. The van der Waals surface area contributed by atoms with Gasteiger partial charge in [0.1, 0.15) is 6.10 Å². The Labute approximate surface area is 111 Å². The molecule has 0 aliphatic heterocycles. The highest BCUT2D eigenvalue weighted by molar-refractivity contribution is 9.11. The zero-order chi connectivity index (χ0) is 11.8. The molecule has 2 nitrogen and oxygen atoms in total. The molecule has 0 spiro atoms. The minimum atomic E-state index is -0.550. The van der Waals surface area contributed by atoms with Gasteiger partial charge in [0.05, 0.1) is 3.79 Å². The van der Waals surface area contributed by atoms with Crippen LogP contribution in [0, 0.1) is 0 Å². The molecule has 4 heteroatoms. The minimum Gasteiger partial charge on any atom is -0.383 e. The first-order valence-electron chi connectivity index (χ1n) is 5.24. The van der Waals surface area contributed by atoms with E-state index in [-0.39, 0.29) is 0 Å². The van der Waals surface area contributed by atoms with E-state index in [9.17, 15) is 5.11 Å². The van der Waals surface area contributed by atoms with Gasteiger partial charge in [0.15, 0.2) is 0 Å². The largest absolute Gasteiger partial charge is 0.383 e.